The summed E-state index contributed by atoms with van der Waals surface area (Å²) in [6, 6.07) is 10.8. The maximum atomic E-state index is 12.7. The molecular formula is C18H20N2O3. The fraction of sp³-hybridized carbons (Fsp3) is 0.333. The Labute approximate surface area is 135 Å². The van der Waals surface area contributed by atoms with Crippen LogP contribution in [0.5, 0.6) is 0 Å². The first-order valence-electron chi connectivity index (χ1n) is 7.86. The second-order valence-electron chi connectivity index (χ2n) is 5.66. The van der Waals surface area contributed by atoms with Gasteiger partial charge in [-0.25, -0.2) is 0 Å². The molecule has 2 heterocycles. The van der Waals surface area contributed by atoms with E-state index in [-0.39, 0.29) is 17.6 Å². The molecule has 0 bridgehead atoms. The minimum absolute atomic E-state index is 0.0691. The number of furan rings is 1. The van der Waals surface area contributed by atoms with Crippen molar-refractivity contribution in [2.24, 2.45) is 0 Å². The molecule has 120 valence electrons. The Morgan fingerprint density at radius 3 is 2.57 bits per heavy atom. The summed E-state index contributed by atoms with van der Waals surface area (Å²) >= 11 is 0. The number of rotatable bonds is 3. The molecule has 0 aliphatic carbocycles. The Morgan fingerprint density at radius 2 is 1.96 bits per heavy atom. The third-order valence-electron chi connectivity index (χ3n) is 4.30. The first-order chi connectivity index (χ1) is 11.1. The predicted octanol–water partition coefficient (Wildman–Crippen LogP) is 2.72. The maximum Gasteiger partial charge on any atom is 0.290 e. The third-order valence-corrected chi connectivity index (χ3v) is 4.30. The van der Waals surface area contributed by atoms with Gasteiger partial charge in [-0.3, -0.25) is 9.59 Å². The fourth-order valence-electron chi connectivity index (χ4n) is 2.86. The summed E-state index contributed by atoms with van der Waals surface area (Å²) in [4.78, 5) is 28.4. The molecule has 1 aromatic heterocycles. The number of aryl methyl sites for hydroxylation is 1. The topological polar surface area (TPSA) is 53.8 Å². The molecule has 5 heteroatoms. The largest absolute Gasteiger partial charge is 0.459 e. The van der Waals surface area contributed by atoms with Crippen LogP contribution in [0.15, 0.2) is 47.1 Å². The van der Waals surface area contributed by atoms with Gasteiger partial charge in [0, 0.05) is 18.8 Å². The van der Waals surface area contributed by atoms with E-state index in [2.05, 4.69) is 6.92 Å². The molecule has 1 aromatic carbocycles. The molecule has 23 heavy (non-hydrogen) atoms. The van der Waals surface area contributed by atoms with Crippen molar-refractivity contribution in [3.63, 3.8) is 0 Å². The van der Waals surface area contributed by atoms with Crippen molar-refractivity contribution in [3.8, 4) is 0 Å². The molecule has 2 aromatic rings. The molecule has 1 aliphatic rings. The van der Waals surface area contributed by atoms with Crippen molar-refractivity contribution >= 4 is 17.5 Å². The average Bonchev–Trinajstić information content (AvgIpc) is 3.11. The molecule has 2 amide bonds. The van der Waals surface area contributed by atoms with Gasteiger partial charge in [0.1, 0.15) is 6.04 Å². The van der Waals surface area contributed by atoms with Crippen molar-refractivity contribution in [1.82, 2.24) is 4.90 Å². The third kappa shape index (κ3) is 2.86. The number of benzene rings is 1. The van der Waals surface area contributed by atoms with Crippen LogP contribution < -0.4 is 4.90 Å². The quantitative estimate of drug-likeness (QED) is 0.875. The van der Waals surface area contributed by atoms with E-state index in [0.29, 0.717) is 13.1 Å². The molecule has 3 rings (SSSR count). The zero-order chi connectivity index (χ0) is 16.4. The minimum atomic E-state index is -0.507. The fourth-order valence-corrected chi connectivity index (χ4v) is 2.86. The number of carbonyl (C=O) groups is 2. The lowest BCUT2D eigenvalue weighted by Crippen LogP contribution is -2.57. The van der Waals surface area contributed by atoms with E-state index in [9.17, 15) is 9.59 Å². The molecule has 0 saturated carbocycles. The van der Waals surface area contributed by atoms with Crippen molar-refractivity contribution in [2.75, 3.05) is 18.0 Å². The van der Waals surface area contributed by atoms with Crippen LogP contribution in [0.25, 0.3) is 0 Å². The first kappa shape index (κ1) is 15.3. The Morgan fingerprint density at radius 1 is 1.22 bits per heavy atom. The van der Waals surface area contributed by atoms with E-state index in [1.54, 1.807) is 28.9 Å². The van der Waals surface area contributed by atoms with Gasteiger partial charge >= 0.3 is 0 Å². The van der Waals surface area contributed by atoms with Gasteiger partial charge in [-0.2, -0.15) is 0 Å². The van der Waals surface area contributed by atoms with Gasteiger partial charge in [0.25, 0.3) is 5.91 Å². The highest BCUT2D eigenvalue weighted by atomic mass is 16.3. The van der Waals surface area contributed by atoms with Crippen molar-refractivity contribution < 1.29 is 14.0 Å². The summed E-state index contributed by atoms with van der Waals surface area (Å²) in [5, 5.41) is 0. The zero-order valence-electron chi connectivity index (χ0n) is 13.4. The van der Waals surface area contributed by atoms with Crippen LogP contribution >= 0.6 is 0 Å². The van der Waals surface area contributed by atoms with Crippen LogP contribution in [0.2, 0.25) is 0 Å². The SMILES string of the molecule is CCc1ccc(N2CCN(C(=O)c3ccco3)C(C)C2=O)cc1. The summed E-state index contributed by atoms with van der Waals surface area (Å²) in [5.74, 6) is -0.0392. The lowest BCUT2D eigenvalue weighted by molar-refractivity contribution is -0.124. The van der Waals surface area contributed by atoms with Crippen LogP contribution in [-0.2, 0) is 11.2 Å². The number of hydrogen-bond donors (Lipinski definition) is 0. The van der Waals surface area contributed by atoms with Crippen molar-refractivity contribution in [3.05, 3.63) is 54.0 Å². The van der Waals surface area contributed by atoms with E-state index < -0.39 is 6.04 Å². The summed E-state index contributed by atoms with van der Waals surface area (Å²) in [7, 11) is 0. The Hall–Kier alpha value is -2.56. The number of hydrogen-bond acceptors (Lipinski definition) is 3. The number of nitrogens with zero attached hydrogens (tertiary/aromatic N) is 2. The molecule has 0 spiro atoms. The Balaban J connectivity index is 1.76. The monoisotopic (exact) mass is 312 g/mol. The molecule has 5 nitrogen and oxygen atoms in total. The smallest absolute Gasteiger partial charge is 0.290 e. The second kappa shape index (κ2) is 6.28. The molecule has 1 atom stereocenters. The molecular weight excluding hydrogens is 292 g/mol. The van der Waals surface area contributed by atoms with Crippen molar-refractivity contribution in [1.29, 1.82) is 0 Å². The highest BCUT2D eigenvalue weighted by Crippen LogP contribution is 2.22. The lowest BCUT2D eigenvalue weighted by atomic mass is 10.1. The van der Waals surface area contributed by atoms with Crippen LogP contribution in [-0.4, -0.2) is 35.8 Å². The van der Waals surface area contributed by atoms with Gasteiger partial charge < -0.3 is 14.2 Å². The highest BCUT2D eigenvalue weighted by Gasteiger charge is 2.36. The van der Waals surface area contributed by atoms with Crippen LogP contribution in [0.3, 0.4) is 0 Å². The highest BCUT2D eigenvalue weighted by molar-refractivity contribution is 6.02. The van der Waals surface area contributed by atoms with Crippen LogP contribution in [0.4, 0.5) is 5.69 Å². The van der Waals surface area contributed by atoms with Crippen LogP contribution in [0, 0.1) is 0 Å². The zero-order valence-corrected chi connectivity index (χ0v) is 13.4. The number of carbonyl (C=O) groups excluding carboxylic acids is 2. The van der Waals surface area contributed by atoms with Crippen LogP contribution in [0.1, 0.15) is 30.0 Å². The van der Waals surface area contributed by atoms with Gasteiger partial charge in [0.15, 0.2) is 5.76 Å². The summed E-state index contributed by atoms with van der Waals surface area (Å²) < 4.78 is 5.15. The average molecular weight is 312 g/mol. The number of anilines is 1. The first-order valence-corrected chi connectivity index (χ1v) is 7.86. The molecule has 1 fully saturated rings. The van der Waals surface area contributed by atoms with Gasteiger partial charge in [-0.05, 0) is 43.2 Å². The molecule has 1 aliphatic heterocycles. The summed E-state index contributed by atoms with van der Waals surface area (Å²) in [5.41, 5.74) is 2.12. The maximum absolute atomic E-state index is 12.7. The lowest BCUT2D eigenvalue weighted by Gasteiger charge is -2.38. The van der Waals surface area contributed by atoms with E-state index in [4.69, 9.17) is 4.42 Å². The van der Waals surface area contributed by atoms with Gasteiger partial charge in [-0.1, -0.05) is 19.1 Å². The summed E-state index contributed by atoms with van der Waals surface area (Å²) in [6.45, 7) is 4.83. The van der Waals surface area contributed by atoms with E-state index in [1.165, 1.54) is 11.8 Å². The summed E-state index contributed by atoms with van der Waals surface area (Å²) in [6.07, 6.45) is 2.43. The molecule has 1 unspecified atom stereocenters. The van der Waals surface area contributed by atoms with Gasteiger partial charge in [0.05, 0.1) is 6.26 Å². The molecule has 0 N–H and O–H groups in total. The normalized spacial score (nSPS) is 18.3. The minimum Gasteiger partial charge on any atom is -0.459 e. The van der Waals surface area contributed by atoms with Crippen molar-refractivity contribution in [2.45, 2.75) is 26.3 Å². The predicted molar refractivity (Wildman–Crippen MR) is 87.4 cm³/mol. The Bertz CT molecular complexity index is 692. The van der Waals surface area contributed by atoms with Gasteiger partial charge in [-0.15, -0.1) is 0 Å². The molecule has 1 saturated heterocycles. The second-order valence-corrected chi connectivity index (χ2v) is 5.66. The number of amides is 2. The van der Waals surface area contributed by atoms with E-state index in [1.807, 2.05) is 24.3 Å². The number of piperazine rings is 1. The standard InChI is InChI=1S/C18H20N2O3/c1-3-14-6-8-15(9-7-14)20-11-10-19(13(2)17(20)21)18(22)16-5-4-12-23-16/h4-9,12-13H,3,10-11H2,1-2H3. The van der Waals surface area contributed by atoms with E-state index >= 15 is 0 Å². The Kier molecular flexibility index (Phi) is 4.19. The molecule has 0 radical (unpaired) electrons. The van der Waals surface area contributed by atoms with Gasteiger partial charge in [0.2, 0.25) is 5.91 Å². The van der Waals surface area contributed by atoms with E-state index in [0.717, 1.165) is 12.1 Å².